The van der Waals surface area contributed by atoms with E-state index < -0.39 is 42.0 Å². The molecule has 2 aromatic rings. The van der Waals surface area contributed by atoms with Crippen LogP contribution in [0.2, 0.25) is 0 Å². The van der Waals surface area contributed by atoms with Crippen LogP contribution in [0.3, 0.4) is 0 Å². The molecule has 0 unspecified atom stereocenters. The zero-order valence-corrected chi connectivity index (χ0v) is 15.9. The molecule has 0 radical (unpaired) electrons. The fourth-order valence-corrected chi connectivity index (χ4v) is 1.54. The number of nitro groups is 2. The summed E-state index contributed by atoms with van der Waals surface area (Å²) in [6, 6.07) is 12.3. The summed E-state index contributed by atoms with van der Waals surface area (Å²) in [7, 11) is -9.33. The molecule has 0 amide bonds. The molecule has 164 valence electrons. The minimum atomic E-state index is -4.67. The van der Waals surface area contributed by atoms with Crippen LogP contribution in [-0.4, -0.2) is 44.9 Å². The second kappa shape index (κ2) is 11.5. The van der Waals surface area contributed by atoms with E-state index in [1.165, 1.54) is 12.1 Å². The molecule has 0 aromatic heterocycles. The fraction of sp³-hybridized carbons (Fsp3) is 0. The lowest BCUT2D eigenvalue weighted by Gasteiger charge is -1.97. The van der Waals surface area contributed by atoms with Crippen LogP contribution in [0.5, 0.6) is 0 Å². The lowest BCUT2D eigenvalue weighted by atomic mass is 10.2. The molecular formula is C12H12N4O12S2. The number of rotatable bonds is 4. The highest BCUT2D eigenvalue weighted by atomic mass is 32.3. The van der Waals surface area contributed by atoms with Crippen molar-refractivity contribution < 1.29 is 44.9 Å². The van der Waals surface area contributed by atoms with Gasteiger partial charge in [-0.05, 0) is 18.2 Å². The Labute approximate surface area is 168 Å². The van der Waals surface area contributed by atoms with E-state index >= 15 is 0 Å². The molecule has 0 bridgehead atoms. The van der Waals surface area contributed by atoms with Crippen LogP contribution in [0.4, 0.5) is 22.7 Å². The second-order valence-corrected chi connectivity index (χ2v) is 6.38. The molecule has 30 heavy (non-hydrogen) atoms. The maximum Gasteiger partial charge on any atom is 0.394 e. The minimum absolute atomic E-state index is 0.159. The summed E-state index contributed by atoms with van der Waals surface area (Å²) in [6.07, 6.45) is 0. The van der Waals surface area contributed by atoms with Crippen LogP contribution in [0.1, 0.15) is 0 Å². The molecule has 18 heteroatoms. The van der Waals surface area contributed by atoms with Gasteiger partial charge in [0.2, 0.25) is 0 Å². The number of hydrogen-bond acceptors (Lipinski definition) is 10. The number of hydrogen-bond donors (Lipinski definition) is 4. The average molecular weight is 468 g/mol. The summed E-state index contributed by atoms with van der Waals surface area (Å²) in [5.41, 5.74) is -0.946. The predicted octanol–water partition coefficient (Wildman–Crippen LogP) is 2.61. The van der Waals surface area contributed by atoms with E-state index in [4.69, 9.17) is 35.0 Å². The SMILES string of the molecule is O=S(=O)(O)O.O=S(=O)(O)O.O=[N+]([O-])c1cccc(N=Nc2ccccc2)c1[N+](=O)[O-]. The van der Waals surface area contributed by atoms with Gasteiger partial charge >= 0.3 is 32.2 Å². The normalized spacial score (nSPS) is 10.9. The van der Waals surface area contributed by atoms with E-state index in [0.29, 0.717) is 5.69 Å². The summed E-state index contributed by atoms with van der Waals surface area (Å²) in [5.74, 6) is 0. The number of benzene rings is 2. The molecule has 2 rings (SSSR count). The molecule has 4 N–H and O–H groups in total. The molecular weight excluding hydrogens is 456 g/mol. The summed E-state index contributed by atoms with van der Waals surface area (Å²) < 4.78 is 63.2. The van der Waals surface area contributed by atoms with E-state index in [2.05, 4.69) is 10.2 Å². The molecule has 0 aliphatic heterocycles. The quantitative estimate of drug-likeness (QED) is 0.218. The Hall–Kier alpha value is -3.42. The number of nitro benzene ring substituents is 2. The fourth-order valence-electron chi connectivity index (χ4n) is 1.54. The first kappa shape index (κ1) is 26.6. The molecule has 0 saturated carbocycles. The van der Waals surface area contributed by atoms with E-state index in [1.807, 2.05) is 0 Å². The highest BCUT2D eigenvalue weighted by molar-refractivity contribution is 7.80. The van der Waals surface area contributed by atoms with Gasteiger partial charge in [-0.15, -0.1) is 5.11 Å². The summed E-state index contributed by atoms with van der Waals surface area (Å²) in [4.78, 5) is 20.1. The van der Waals surface area contributed by atoms with E-state index in [-0.39, 0.29) is 5.69 Å². The second-order valence-electron chi connectivity index (χ2n) is 4.59. The van der Waals surface area contributed by atoms with Crippen molar-refractivity contribution in [3.8, 4) is 0 Å². The van der Waals surface area contributed by atoms with Gasteiger partial charge in [-0.2, -0.15) is 21.9 Å². The molecule has 0 aliphatic rings. The first-order valence-electron chi connectivity index (χ1n) is 6.88. The third-order valence-electron chi connectivity index (χ3n) is 2.40. The van der Waals surface area contributed by atoms with Gasteiger partial charge in [0.15, 0.2) is 5.69 Å². The van der Waals surface area contributed by atoms with Crippen LogP contribution in [-0.2, 0) is 20.8 Å². The van der Waals surface area contributed by atoms with E-state index in [9.17, 15) is 20.2 Å². The number of para-hydroxylation sites is 1. The average Bonchev–Trinajstić information content (AvgIpc) is 2.57. The van der Waals surface area contributed by atoms with Crippen LogP contribution in [0.15, 0.2) is 58.8 Å². The summed E-state index contributed by atoms with van der Waals surface area (Å²) >= 11 is 0. The largest absolute Gasteiger partial charge is 0.394 e. The van der Waals surface area contributed by atoms with Gasteiger partial charge in [-0.25, -0.2) is 0 Å². The zero-order chi connectivity index (χ0) is 23.5. The lowest BCUT2D eigenvalue weighted by Crippen LogP contribution is -1.96. The van der Waals surface area contributed by atoms with Crippen LogP contribution in [0.25, 0.3) is 0 Å². The summed E-state index contributed by atoms with van der Waals surface area (Å²) in [5, 5.41) is 29.3. The van der Waals surface area contributed by atoms with Crippen molar-refractivity contribution >= 4 is 43.5 Å². The van der Waals surface area contributed by atoms with Gasteiger partial charge in [0.05, 0.1) is 15.5 Å². The van der Waals surface area contributed by atoms with Crippen molar-refractivity contribution in [3.05, 3.63) is 68.8 Å². The Morgan fingerprint density at radius 1 is 0.700 bits per heavy atom. The van der Waals surface area contributed by atoms with Crippen LogP contribution in [0, 0.1) is 20.2 Å². The third-order valence-corrected chi connectivity index (χ3v) is 2.40. The topological polar surface area (TPSA) is 260 Å². The molecule has 2 aromatic carbocycles. The molecule has 0 heterocycles. The highest BCUT2D eigenvalue weighted by Crippen LogP contribution is 2.36. The Balaban J connectivity index is 0.000000702. The van der Waals surface area contributed by atoms with Gasteiger partial charge in [0, 0.05) is 6.07 Å². The van der Waals surface area contributed by atoms with Crippen molar-refractivity contribution in [2.75, 3.05) is 0 Å². The van der Waals surface area contributed by atoms with E-state index in [0.717, 1.165) is 6.07 Å². The molecule has 0 spiro atoms. The maximum atomic E-state index is 11.0. The molecule has 0 aliphatic carbocycles. The van der Waals surface area contributed by atoms with Crippen LogP contribution >= 0.6 is 0 Å². The standard InChI is InChI=1S/C12H8N4O4.2H2O4S/c17-15(18)11-8-4-7-10(12(11)16(19)20)14-13-9-5-2-1-3-6-9;2*1-5(2,3)4/h1-8H;2*(H2,1,2,3,4). The number of nitrogens with zero attached hydrogens (tertiary/aromatic N) is 4. The Kier molecular flexibility index (Phi) is 10.2. The van der Waals surface area contributed by atoms with Crippen molar-refractivity contribution in [3.63, 3.8) is 0 Å². The van der Waals surface area contributed by atoms with Gasteiger partial charge in [0.25, 0.3) is 0 Å². The van der Waals surface area contributed by atoms with Gasteiger partial charge in [-0.3, -0.25) is 38.4 Å². The molecule has 0 saturated heterocycles. The molecule has 0 atom stereocenters. The van der Waals surface area contributed by atoms with Crippen molar-refractivity contribution in [2.24, 2.45) is 10.2 Å². The van der Waals surface area contributed by atoms with Crippen molar-refractivity contribution in [2.45, 2.75) is 0 Å². The van der Waals surface area contributed by atoms with Gasteiger partial charge in [-0.1, -0.05) is 24.3 Å². The lowest BCUT2D eigenvalue weighted by molar-refractivity contribution is -0.421. The van der Waals surface area contributed by atoms with Crippen molar-refractivity contribution in [1.82, 2.24) is 0 Å². The minimum Gasteiger partial charge on any atom is -0.264 e. The van der Waals surface area contributed by atoms with Gasteiger partial charge < -0.3 is 0 Å². The Morgan fingerprint density at radius 3 is 1.57 bits per heavy atom. The first-order valence-corrected chi connectivity index (χ1v) is 9.67. The molecule has 16 nitrogen and oxygen atoms in total. The van der Waals surface area contributed by atoms with Crippen molar-refractivity contribution in [1.29, 1.82) is 0 Å². The highest BCUT2D eigenvalue weighted by Gasteiger charge is 2.28. The smallest absolute Gasteiger partial charge is 0.264 e. The molecule has 0 fully saturated rings. The van der Waals surface area contributed by atoms with Crippen LogP contribution < -0.4 is 0 Å². The third kappa shape index (κ3) is 13.7. The Morgan fingerprint density at radius 2 is 1.17 bits per heavy atom. The Bertz CT molecular complexity index is 1070. The van der Waals surface area contributed by atoms with E-state index in [1.54, 1.807) is 30.3 Å². The zero-order valence-electron chi connectivity index (χ0n) is 14.3. The first-order chi connectivity index (χ1) is 13.6. The number of azo groups is 1. The monoisotopic (exact) mass is 468 g/mol. The summed E-state index contributed by atoms with van der Waals surface area (Å²) in [6.45, 7) is 0. The predicted molar refractivity (Wildman–Crippen MR) is 98.7 cm³/mol. The maximum absolute atomic E-state index is 11.0. The van der Waals surface area contributed by atoms with Gasteiger partial charge in [0.1, 0.15) is 0 Å².